The third-order valence-electron chi connectivity index (χ3n) is 8.60. The first-order valence-corrected chi connectivity index (χ1v) is 14.8. The van der Waals surface area contributed by atoms with Crippen LogP contribution in [0.15, 0.2) is 60.7 Å². The number of hydrogen-bond acceptors (Lipinski definition) is 5. The van der Waals surface area contributed by atoms with Gasteiger partial charge in [-0.25, -0.2) is 4.79 Å². The molecule has 2 N–H and O–H groups in total. The maximum absolute atomic E-state index is 12.9. The Morgan fingerprint density at radius 3 is 2.40 bits per heavy atom. The summed E-state index contributed by atoms with van der Waals surface area (Å²) < 4.78 is 5.19. The van der Waals surface area contributed by atoms with Crippen molar-refractivity contribution in [3.05, 3.63) is 82.4 Å². The van der Waals surface area contributed by atoms with Crippen LogP contribution in [0.1, 0.15) is 58.4 Å². The number of methoxy groups -OCH3 is 1. The molecule has 0 radical (unpaired) electrons. The Labute approximate surface area is 251 Å². The van der Waals surface area contributed by atoms with Gasteiger partial charge in [0.25, 0.3) is 5.91 Å². The van der Waals surface area contributed by atoms with Crippen LogP contribution in [0.25, 0.3) is 11.1 Å². The highest BCUT2D eigenvalue weighted by Crippen LogP contribution is 2.43. The maximum Gasteiger partial charge on any atom is 0.412 e. The van der Waals surface area contributed by atoms with Gasteiger partial charge in [-0.15, -0.1) is 0 Å². The molecule has 42 heavy (non-hydrogen) atoms. The second-order valence-corrected chi connectivity index (χ2v) is 11.5. The average Bonchev–Trinajstić information content (AvgIpc) is 3.01. The van der Waals surface area contributed by atoms with Crippen LogP contribution < -0.4 is 15.0 Å². The lowest BCUT2D eigenvalue weighted by Gasteiger charge is -2.53. The normalized spacial score (nSPS) is 19.2. The molecule has 0 atom stereocenters. The number of fused-ring (bicyclic) bond motifs is 3. The molecule has 3 saturated heterocycles. The van der Waals surface area contributed by atoms with E-state index < -0.39 is 6.09 Å². The second kappa shape index (κ2) is 13.0. The zero-order valence-corrected chi connectivity index (χ0v) is 24.5. The van der Waals surface area contributed by atoms with Crippen molar-refractivity contribution in [3.63, 3.8) is 0 Å². The van der Waals surface area contributed by atoms with E-state index in [1.54, 1.807) is 4.90 Å². The van der Waals surface area contributed by atoms with E-state index >= 15 is 0 Å². The summed E-state index contributed by atoms with van der Waals surface area (Å²) in [5, 5.41) is 13.6. The van der Waals surface area contributed by atoms with E-state index in [4.69, 9.17) is 16.3 Å². The Balaban J connectivity index is 1.29. The summed E-state index contributed by atoms with van der Waals surface area (Å²) in [5.74, 6) is -0.0387. The highest BCUT2D eigenvalue weighted by atomic mass is 35.5. The molecule has 3 aromatic rings. The first kappa shape index (κ1) is 29.6. The van der Waals surface area contributed by atoms with E-state index in [1.165, 1.54) is 19.2 Å². The molecule has 0 unspecified atom stereocenters. The molecule has 3 aliphatic heterocycles. The van der Waals surface area contributed by atoms with Crippen molar-refractivity contribution in [2.75, 3.05) is 38.2 Å². The van der Waals surface area contributed by atoms with Gasteiger partial charge in [-0.05, 0) is 67.9 Å². The van der Waals surface area contributed by atoms with Gasteiger partial charge in [-0.1, -0.05) is 54.1 Å². The summed E-state index contributed by atoms with van der Waals surface area (Å²) in [6.45, 7) is 3.22. The number of carbonyl (C=O) groups excluding carboxylic acids is 2. The van der Waals surface area contributed by atoms with Gasteiger partial charge in [-0.3, -0.25) is 14.5 Å². The van der Waals surface area contributed by atoms with Crippen LogP contribution in [0, 0.1) is 0 Å². The first-order chi connectivity index (χ1) is 20.3. The summed E-state index contributed by atoms with van der Waals surface area (Å²) in [7, 11) is 1.43. The smallest absolute Gasteiger partial charge is 0.412 e. The summed E-state index contributed by atoms with van der Waals surface area (Å²) >= 11 is 6.23. The fourth-order valence-electron chi connectivity index (χ4n) is 6.25. The van der Waals surface area contributed by atoms with Crippen molar-refractivity contribution in [2.45, 2.75) is 44.1 Å². The van der Waals surface area contributed by atoms with Crippen LogP contribution in [-0.4, -0.2) is 67.1 Å². The number of nitrogens with one attached hydrogen (secondary N) is 1. The van der Waals surface area contributed by atoms with E-state index in [0.29, 0.717) is 18.6 Å². The van der Waals surface area contributed by atoms with Crippen LogP contribution >= 0.6 is 11.6 Å². The van der Waals surface area contributed by atoms with E-state index in [2.05, 4.69) is 16.3 Å². The molecule has 3 aliphatic rings. The van der Waals surface area contributed by atoms with Gasteiger partial charge >= 0.3 is 6.09 Å². The topological polar surface area (TPSA) is 99.2 Å². The van der Waals surface area contributed by atoms with Crippen molar-refractivity contribution in [1.29, 1.82) is 0 Å². The monoisotopic (exact) mass is 589 g/mol. The SMILES string of the molecule is COc1cc(C(=O)NCCCCc2ccc(-c3ccccc3)c(N(C(=O)O)C34CCN(CC3)CC4)c2)c(Cl)cc1C=O. The largest absolute Gasteiger partial charge is 0.496 e. The number of unbranched alkanes of at least 4 members (excludes halogenated alkanes) is 1. The van der Waals surface area contributed by atoms with Gasteiger partial charge < -0.3 is 20.1 Å². The third kappa shape index (κ3) is 6.15. The fraction of sp³-hybridized carbons (Fsp3) is 0.364. The molecule has 0 aliphatic carbocycles. The molecule has 3 fully saturated rings. The van der Waals surface area contributed by atoms with Crippen molar-refractivity contribution in [1.82, 2.24) is 10.2 Å². The fourth-order valence-corrected chi connectivity index (χ4v) is 6.51. The number of benzene rings is 3. The molecule has 3 heterocycles. The molecule has 220 valence electrons. The van der Waals surface area contributed by atoms with Crippen LogP contribution in [0.2, 0.25) is 5.02 Å². The minimum absolute atomic E-state index is 0.188. The quantitative estimate of drug-likeness (QED) is 0.201. The van der Waals surface area contributed by atoms with Crippen molar-refractivity contribution in [3.8, 4) is 16.9 Å². The molecule has 8 nitrogen and oxygen atoms in total. The van der Waals surface area contributed by atoms with E-state index in [-0.39, 0.29) is 27.6 Å². The van der Waals surface area contributed by atoms with Crippen molar-refractivity contribution >= 4 is 35.6 Å². The summed E-state index contributed by atoms with van der Waals surface area (Å²) in [5.41, 5.74) is 3.87. The van der Waals surface area contributed by atoms with Gasteiger partial charge in [0.05, 0.1) is 34.5 Å². The van der Waals surface area contributed by atoms with Crippen LogP contribution in [0.3, 0.4) is 0 Å². The Morgan fingerprint density at radius 2 is 1.76 bits per heavy atom. The zero-order valence-electron chi connectivity index (χ0n) is 23.8. The number of rotatable bonds is 11. The lowest BCUT2D eigenvalue weighted by Crippen LogP contribution is -2.62. The average molecular weight is 590 g/mol. The van der Waals surface area contributed by atoms with Crippen LogP contribution in [0.4, 0.5) is 10.5 Å². The lowest BCUT2D eigenvalue weighted by molar-refractivity contribution is 0.0783. The lowest BCUT2D eigenvalue weighted by atomic mass is 9.78. The number of halogens is 1. The second-order valence-electron chi connectivity index (χ2n) is 11.1. The highest BCUT2D eigenvalue weighted by molar-refractivity contribution is 6.34. The standard InChI is InChI=1S/C33H36ClN3O5/c1-42-30-21-27(28(34)20-25(30)22-38)31(39)35-15-6-5-7-23-10-11-26(24-8-3-2-4-9-24)29(19-23)37(32(40)41)33-12-16-36(17-13-33)18-14-33/h2-4,8-11,19-22H,5-7,12-18H2,1H3,(H,35,39)(H,40,41). The summed E-state index contributed by atoms with van der Waals surface area (Å²) in [6.07, 6.45) is 4.52. The van der Waals surface area contributed by atoms with Gasteiger partial charge in [-0.2, -0.15) is 0 Å². The predicted octanol–water partition coefficient (Wildman–Crippen LogP) is 6.30. The van der Waals surface area contributed by atoms with E-state index in [9.17, 15) is 19.5 Å². The molecule has 6 rings (SSSR count). The van der Waals surface area contributed by atoms with Crippen molar-refractivity contribution in [2.24, 2.45) is 0 Å². The molecule has 0 aromatic heterocycles. The number of carbonyl (C=O) groups is 3. The predicted molar refractivity (Wildman–Crippen MR) is 164 cm³/mol. The Bertz CT molecular complexity index is 1440. The molecule has 2 bridgehead atoms. The molecular weight excluding hydrogens is 554 g/mol. The maximum atomic E-state index is 12.9. The number of amides is 2. The minimum Gasteiger partial charge on any atom is -0.496 e. The van der Waals surface area contributed by atoms with Gasteiger partial charge in [0.2, 0.25) is 0 Å². The third-order valence-corrected chi connectivity index (χ3v) is 8.92. The highest BCUT2D eigenvalue weighted by Gasteiger charge is 2.47. The number of aryl methyl sites for hydroxylation is 1. The van der Waals surface area contributed by atoms with Gasteiger partial charge in [0, 0.05) is 31.7 Å². The molecule has 0 saturated carbocycles. The first-order valence-electron chi connectivity index (χ1n) is 14.4. The Hall–Kier alpha value is -3.88. The number of carboxylic acid groups (broad SMARTS) is 1. The molecule has 2 amide bonds. The summed E-state index contributed by atoms with van der Waals surface area (Å²) in [4.78, 5) is 40.9. The molecule has 9 heteroatoms. The van der Waals surface area contributed by atoms with Crippen molar-refractivity contribution < 1.29 is 24.2 Å². The Kier molecular flexibility index (Phi) is 9.14. The zero-order chi connectivity index (χ0) is 29.7. The van der Waals surface area contributed by atoms with Gasteiger partial charge in [0.15, 0.2) is 6.29 Å². The molecular formula is C33H36ClN3O5. The molecule has 3 aromatic carbocycles. The number of hydrogen-bond donors (Lipinski definition) is 2. The van der Waals surface area contributed by atoms with Gasteiger partial charge in [0.1, 0.15) is 5.75 Å². The van der Waals surface area contributed by atoms with E-state index in [0.717, 1.165) is 80.5 Å². The number of anilines is 1. The number of nitrogens with zero attached hydrogens (tertiary/aromatic N) is 2. The Morgan fingerprint density at radius 1 is 1.05 bits per heavy atom. The molecule has 0 spiro atoms. The number of piperidine rings is 3. The number of aldehydes is 1. The summed E-state index contributed by atoms with van der Waals surface area (Å²) in [6, 6.07) is 19.0. The van der Waals surface area contributed by atoms with Crippen LogP contribution in [-0.2, 0) is 6.42 Å². The van der Waals surface area contributed by atoms with Crippen LogP contribution in [0.5, 0.6) is 5.75 Å². The van der Waals surface area contributed by atoms with E-state index in [1.807, 2.05) is 42.5 Å². The number of ether oxygens (including phenoxy) is 1. The minimum atomic E-state index is -0.904.